The van der Waals surface area contributed by atoms with E-state index in [1.54, 1.807) is 0 Å². The number of carbonyl (C=O) groups is 2. The summed E-state index contributed by atoms with van der Waals surface area (Å²) in [6.45, 7) is 6.39. The molecule has 0 fully saturated rings. The number of rotatable bonds is 6. The van der Waals surface area contributed by atoms with E-state index in [0.29, 0.717) is 0 Å². The minimum atomic E-state index is -1.33. The summed E-state index contributed by atoms with van der Waals surface area (Å²) in [4.78, 5) is 20.8. The number of aliphatic carboxylic acids is 2. The molecule has 0 bridgehead atoms. The van der Waals surface area contributed by atoms with Crippen molar-refractivity contribution in [3.05, 3.63) is 25.3 Å². The molecule has 0 heterocycles. The molecule has 5 nitrogen and oxygen atoms in total. The molecule has 2 N–H and O–H groups in total. The van der Waals surface area contributed by atoms with Gasteiger partial charge in [0.1, 0.15) is 0 Å². The maximum Gasteiger partial charge on any atom is 0.336 e. The predicted octanol–water partition coefficient (Wildman–Crippen LogP) is 0.281. The standard InChI is InChI=1S/C8H10O5/c1-3-5(7(9)10)13-6(4-2)8(11)12/h3-6H,1-2H2,(H,9,10)(H,11,12). The number of carboxylic acids is 2. The van der Waals surface area contributed by atoms with Gasteiger partial charge in [0.2, 0.25) is 0 Å². The van der Waals surface area contributed by atoms with Crippen molar-refractivity contribution in [2.24, 2.45) is 0 Å². The lowest BCUT2D eigenvalue weighted by atomic mass is 10.3. The molecule has 0 saturated heterocycles. The average molecular weight is 186 g/mol. The van der Waals surface area contributed by atoms with Crippen LogP contribution in [0.2, 0.25) is 0 Å². The van der Waals surface area contributed by atoms with Crippen LogP contribution in [0.5, 0.6) is 0 Å². The molecule has 0 aliphatic heterocycles. The second-order valence-electron chi connectivity index (χ2n) is 2.13. The molecule has 0 spiro atoms. The van der Waals surface area contributed by atoms with E-state index < -0.39 is 24.1 Å². The molecule has 0 aromatic heterocycles. The van der Waals surface area contributed by atoms with Crippen molar-refractivity contribution in [3.8, 4) is 0 Å². The van der Waals surface area contributed by atoms with Gasteiger partial charge >= 0.3 is 11.9 Å². The van der Waals surface area contributed by atoms with Crippen LogP contribution in [0.3, 0.4) is 0 Å². The zero-order valence-electron chi connectivity index (χ0n) is 6.84. The van der Waals surface area contributed by atoms with Crippen LogP contribution in [-0.4, -0.2) is 34.4 Å². The summed E-state index contributed by atoms with van der Waals surface area (Å²) in [6.07, 6.45) is -0.665. The molecule has 2 unspecified atom stereocenters. The third-order valence-corrected chi connectivity index (χ3v) is 1.21. The van der Waals surface area contributed by atoms with E-state index >= 15 is 0 Å². The average Bonchev–Trinajstić information content (AvgIpc) is 2.05. The van der Waals surface area contributed by atoms with Crippen LogP contribution in [-0.2, 0) is 14.3 Å². The molecule has 0 rings (SSSR count). The zero-order chi connectivity index (χ0) is 10.4. The van der Waals surface area contributed by atoms with Gasteiger partial charge in [-0.25, -0.2) is 9.59 Å². The molecule has 0 amide bonds. The highest BCUT2D eigenvalue weighted by atomic mass is 16.5. The Morgan fingerprint density at radius 3 is 1.54 bits per heavy atom. The Labute approximate surface area is 74.9 Å². The fraction of sp³-hybridized carbons (Fsp3) is 0.250. The molecule has 0 aliphatic rings. The molecule has 2 atom stereocenters. The van der Waals surface area contributed by atoms with Crippen LogP contribution in [0.4, 0.5) is 0 Å². The van der Waals surface area contributed by atoms with Crippen molar-refractivity contribution in [3.63, 3.8) is 0 Å². The molecule has 13 heavy (non-hydrogen) atoms. The fourth-order valence-electron chi connectivity index (χ4n) is 0.587. The minimum absolute atomic E-state index is 1.00. The summed E-state index contributed by atoms with van der Waals surface area (Å²) in [5, 5.41) is 17.0. The highest BCUT2D eigenvalue weighted by Gasteiger charge is 2.22. The first-order valence-electron chi connectivity index (χ1n) is 3.39. The predicted molar refractivity (Wildman–Crippen MR) is 44.3 cm³/mol. The molecular formula is C8H10O5. The fourth-order valence-corrected chi connectivity index (χ4v) is 0.587. The summed E-state index contributed by atoms with van der Waals surface area (Å²) >= 11 is 0. The van der Waals surface area contributed by atoms with E-state index in [1.807, 2.05) is 0 Å². The van der Waals surface area contributed by atoms with Gasteiger partial charge in [-0.1, -0.05) is 25.3 Å². The maximum absolute atomic E-state index is 10.4. The second-order valence-corrected chi connectivity index (χ2v) is 2.13. The van der Waals surface area contributed by atoms with Gasteiger partial charge < -0.3 is 14.9 Å². The van der Waals surface area contributed by atoms with Gasteiger partial charge in [0.05, 0.1) is 0 Å². The summed E-state index contributed by atoms with van der Waals surface area (Å²) in [6, 6.07) is 0. The third-order valence-electron chi connectivity index (χ3n) is 1.21. The second kappa shape index (κ2) is 5.10. The Bertz CT molecular complexity index is 209. The highest BCUT2D eigenvalue weighted by molar-refractivity contribution is 5.77. The zero-order valence-corrected chi connectivity index (χ0v) is 6.84. The molecule has 0 aromatic carbocycles. The van der Waals surface area contributed by atoms with Crippen molar-refractivity contribution >= 4 is 11.9 Å². The Balaban J connectivity index is 4.36. The Kier molecular flexibility index (Phi) is 4.47. The van der Waals surface area contributed by atoms with E-state index in [9.17, 15) is 9.59 Å². The van der Waals surface area contributed by atoms with Crippen LogP contribution >= 0.6 is 0 Å². The van der Waals surface area contributed by atoms with Crippen molar-refractivity contribution in [1.82, 2.24) is 0 Å². The van der Waals surface area contributed by atoms with Crippen molar-refractivity contribution in [1.29, 1.82) is 0 Å². The SMILES string of the molecule is C=CC(OC(C=C)C(=O)O)C(=O)O. The van der Waals surface area contributed by atoms with Gasteiger partial charge in [-0.3, -0.25) is 0 Å². The largest absolute Gasteiger partial charge is 0.479 e. The normalized spacial score (nSPS) is 14.2. The molecule has 0 aromatic rings. The van der Waals surface area contributed by atoms with E-state index in [2.05, 4.69) is 17.9 Å². The van der Waals surface area contributed by atoms with Crippen LogP contribution in [0.25, 0.3) is 0 Å². The van der Waals surface area contributed by atoms with Gasteiger partial charge in [-0.05, 0) is 0 Å². The Morgan fingerprint density at radius 1 is 1.08 bits per heavy atom. The van der Waals surface area contributed by atoms with E-state index in [4.69, 9.17) is 10.2 Å². The third kappa shape index (κ3) is 3.53. The molecule has 0 radical (unpaired) electrons. The molecule has 5 heteroatoms. The van der Waals surface area contributed by atoms with Crippen molar-refractivity contribution in [2.75, 3.05) is 0 Å². The number of carboxylic acid groups (broad SMARTS) is 2. The first kappa shape index (κ1) is 11.4. The smallest absolute Gasteiger partial charge is 0.336 e. The lowest BCUT2D eigenvalue weighted by molar-refractivity contribution is -0.158. The Hall–Kier alpha value is -1.62. The Morgan fingerprint density at radius 2 is 1.38 bits per heavy atom. The van der Waals surface area contributed by atoms with Crippen LogP contribution < -0.4 is 0 Å². The number of ether oxygens (including phenoxy) is 1. The van der Waals surface area contributed by atoms with E-state index in [1.165, 1.54) is 0 Å². The van der Waals surface area contributed by atoms with Crippen LogP contribution in [0.1, 0.15) is 0 Å². The lowest BCUT2D eigenvalue weighted by Gasteiger charge is -2.12. The topological polar surface area (TPSA) is 83.8 Å². The van der Waals surface area contributed by atoms with Gasteiger partial charge in [-0.2, -0.15) is 0 Å². The van der Waals surface area contributed by atoms with Gasteiger partial charge in [0.15, 0.2) is 12.2 Å². The lowest BCUT2D eigenvalue weighted by Crippen LogP contribution is -2.31. The molecular weight excluding hydrogens is 176 g/mol. The van der Waals surface area contributed by atoms with Gasteiger partial charge in [0, 0.05) is 0 Å². The van der Waals surface area contributed by atoms with E-state index in [-0.39, 0.29) is 0 Å². The maximum atomic E-state index is 10.4. The van der Waals surface area contributed by atoms with E-state index in [0.717, 1.165) is 12.2 Å². The number of hydrogen-bond acceptors (Lipinski definition) is 3. The minimum Gasteiger partial charge on any atom is -0.479 e. The molecule has 0 saturated carbocycles. The summed E-state index contributed by atoms with van der Waals surface area (Å²) in [5.41, 5.74) is 0. The quantitative estimate of drug-likeness (QED) is 0.582. The monoisotopic (exact) mass is 186 g/mol. The highest BCUT2D eigenvalue weighted by Crippen LogP contribution is 2.01. The summed E-state index contributed by atoms with van der Waals surface area (Å²) in [5.74, 6) is -2.58. The van der Waals surface area contributed by atoms with Crippen molar-refractivity contribution in [2.45, 2.75) is 12.2 Å². The van der Waals surface area contributed by atoms with Crippen LogP contribution in [0, 0.1) is 0 Å². The van der Waals surface area contributed by atoms with Gasteiger partial charge in [0.25, 0.3) is 0 Å². The molecule has 72 valence electrons. The summed E-state index contributed by atoms with van der Waals surface area (Å²) < 4.78 is 4.64. The molecule has 0 aliphatic carbocycles. The van der Waals surface area contributed by atoms with Crippen molar-refractivity contribution < 1.29 is 24.5 Å². The van der Waals surface area contributed by atoms with Gasteiger partial charge in [-0.15, -0.1) is 0 Å². The van der Waals surface area contributed by atoms with Crippen LogP contribution in [0.15, 0.2) is 25.3 Å². The first-order valence-corrected chi connectivity index (χ1v) is 3.39. The number of hydrogen-bond donors (Lipinski definition) is 2. The first-order chi connectivity index (χ1) is 6.02. The summed E-state index contributed by atoms with van der Waals surface area (Å²) in [7, 11) is 0.